The third kappa shape index (κ3) is 2.27. The highest BCUT2D eigenvalue weighted by molar-refractivity contribution is 5.30. The fourth-order valence-electron chi connectivity index (χ4n) is 3.25. The minimum atomic E-state index is -0.326. The Morgan fingerprint density at radius 2 is 2.05 bits per heavy atom. The second kappa shape index (κ2) is 5.41. The molecule has 1 aliphatic carbocycles. The van der Waals surface area contributed by atoms with Gasteiger partial charge in [-0.3, -0.25) is 4.68 Å². The van der Waals surface area contributed by atoms with Gasteiger partial charge in [-0.25, -0.2) is 0 Å². The van der Waals surface area contributed by atoms with E-state index in [0.29, 0.717) is 6.42 Å². The van der Waals surface area contributed by atoms with Crippen LogP contribution in [0.1, 0.15) is 37.3 Å². The molecule has 0 saturated heterocycles. The van der Waals surface area contributed by atoms with Gasteiger partial charge in [-0.05, 0) is 30.9 Å². The first kappa shape index (κ1) is 13.4. The largest absolute Gasteiger partial charge is 0.392 e. The molecule has 0 bridgehead atoms. The van der Waals surface area contributed by atoms with Crippen LogP contribution in [0.5, 0.6) is 0 Å². The van der Waals surface area contributed by atoms with Crippen LogP contribution in [0.4, 0.5) is 0 Å². The third-order valence-electron chi connectivity index (χ3n) is 4.67. The van der Waals surface area contributed by atoms with Crippen molar-refractivity contribution in [1.29, 1.82) is 0 Å². The number of rotatable bonds is 5. The van der Waals surface area contributed by atoms with Crippen molar-refractivity contribution in [3.05, 3.63) is 53.9 Å². The fourth-order valence-corrected chi connectivity index (χ4v) is 3.25. The molecule has 1 N–H and O–H groups in total. The number of benzene rings is 1. The minimum absolute atomic E-state index is 0.0461. The number of aryl methyl sites for hydroxylation is 1. The normalized spacial score (nSPS) is 18.5. The summed E-state index contributed by atoms with van der Waals surface area (Å²) in [6, 6.07) is 10.5. The molecule has 0 aliphatic heterocycles. The van der Waals surface area contributed by atoms with E-state index in [4.69, 9.17) is 0 Å². The molecule has 0 amide bonds. The Morgan fingerprint density at radius 1 is 1.30 bits per heavy atom. The van der Waals surface area contributed by atoms with Gasteiger partial charge in [-0.1, -0.05) is 36.8 Å². The van der Waals surface area contributed by atoms with Crippen LogP contribution in [-0.4, -0.2) is 21.0 Å². The van der Waals surface area contributed by atoms with Gasteiger partial charge in [0.15, 0.2) is 0 Å². The highest BCUT2D eigenvalue weighted by atomic mass is 16.3. The lowest BCUT2D eigenvalue weighted by Gasteiger charge is -2.46. The maximum atomic E-state index is 10.8. The number of aliphatic hydroxyl groups is 1. The molecule has 106 valence electrons. The molecular formula is C17H22N2O. The molecule has 0 radical (unpaired) electrons. The molecule has 1 saturated carbocycles. The molecule has 1 heterocycles. The minimum Gasteiger partial charge on any atom is -0.392 e. The van der Waals surface area contributed by atoms with Gasteiger partial charge >= 0.3 is 0 Å². The van der Waals surface area contributed by atoms with Crippen LogP contribution in [0.3, 0.4) is 0 Å². The number of hydrogen-bond acceptors (Lipinski definition) is 2. The second-order valence-electron chi connectivity index (χ2n) is 5.80. The smallest absolute Gasteiger partial charge is 0.0678 e. The quantitative estimate of drug-likeness (QED) is 0.907. The van der Waals surface area contributed by atoms with Crippen LogP contribution in [0.25, 0.3) is 0 Å². The first-order chi connectivity index (χ1) is 9.74. The van der Waals surface area contributed by atoms with Gasteiger partial charge in [0.25, 0.3) is 0 Å². The molecule has 3 nitrogen and oxygen atoms in total. The van der Waals surface area contributed by atoms with Crippen molar-refractivity contribution in [2.75, 3.05) is 0 Å². The summed E-state index contributed by atoms with van der Waals surface area (Å²) >= 11 is 0. The van der Waals surface area contributed by atoms with E-state index in [2.05, 4.69) is 36.3 Å². The fraction of sp³-hybridized carbons (Fsp3) is 0.471. The molecule has 3 heteroatoms. The lowest BCUT2D eigenvalue weighted by Crippen LogP contribution is -2.46. The maximum Gasteiger partial charge on any atom is 0.0678 e. The number of nitrogens with zero attached hydrogens (tertiary/aromatic N) is 2. The van der Waals surface area contributed by atoms with E-state index in [-0.39, 0.29) is 11.5 Å². The van der Waals surface area contributed by atoms with Crippen molar-refractivity contribution in [1.82, 2.24) is 9.78 Å². The van der Waals surface area contributed by atoms with E-state index < -0.39 is 0 Å². The Morgan fingerprint density at radius 3 is 2.60 bits per heavy atom. The van der Waals surface area contributed by atoms with E-state index in [1.807, 2.05) is 23.1 Å². The van der Waals surface area contributed by atoms with Crippen LogP contribution in [0.2, 0.25) is 0 Å². The average Bonchev–Trinajstić information content (AvgIpc) is 2.86. The first-order valence-corrected chi connectivity index (χ1v) is 7.49. The molecular weight excluding hydrogens is 248 g/mol. The summed E-state index contributed by atoms with van der Waals surface area (Å²) < 4.78 is 1.91. The monoisotopic (exact) mass is 270 g/mol. The molecule has 0 spiro atoms. The molecule has 1 unspecified atom stereocenters. The Kier molecular flexibility index (Phi) is 3.62. The van der Waals surface area contributed by atoms with Crippen molar-refractivity contribution in [3.8, 4) is 0 Å². The molecule has 1 aliphatic rings. The Balaban J connectivity index is 1.79. The zero-order chi connectivity index (χ0) is 14.0. The second-order valence-corrected chi connectivity index (χ2v) is 5.80. The molecule has 1 fully saturated rings. The van der Waals surface area contributed by atoms with Crippen LogP contribution in [-0.2, 0) is 18.4 Å². The molecule has 1 aromatic heterocycles. The molecule has 3 rings (SSSR count). The maximum absolute atomic E-state index is 10.8. The van der Waals surface area contributed by atoms with Crippen molar-refractivity contribution >= 4 is 0 Å². The first-order valence-electron chi connectivity index (χ1n) is 7.49. The third-order valence-corrected chi connectivity index (χ3v) is 4.67. The predicted molar refractivity (Wildman–Crippen MR) is 79.6 cm³/mol. The van der Waals surface area contributed by atoms with E-state index >= 15 is 0 Å². The van der Waals surface area contributed by atoms with Gasteiger partial charge in [0.1, 0.15) is 0 Å². The van der Waals surface area contributed by atoms with Crippen LogP contribution >= 0.6 is 0 Å². The van der Waals surface area contributed by atoms with E-state index in [9.17, 15) is 5.11 Å². The highest BCUT2D eigenvalue weighted by Gasteiger charge is 2.44. The van der Waals surface area contributed by atoms with E-state index in [1.165, 1.54) is 12.0 Å². The van der Waals surface area contributed by atoms with Gasteiger partial charge in [0.05, 0.1) is 12.3 Å². The highest BCUT2D eigenvalue weighted by Crippen LogP contribution is 2.47. The average molecular weight is 270 g/mol. The van der Waals surface area contributed by atoms with Crippen LogP contribution in [0, 0.1) is 0 Å². The van der Waals surface area contributed by atoms with Gasteiger partial charge in [-0.15, -0.1) is 0 Å². The van der Waals surface area contributed by atoms with Gasteiger partial charge < -0.3 is 5.11 Å². The number of aromatic nitrogens is 2. The zero-order valence-electron chi connectivity index (χ0n) is 12.0. The standard InChI is InChI=1S/C17H22N2O/c1-2-19-13-14(12-18-19)11-16(20)17(9-6-10-17)15-7-4-3-5-8-15/h3-5,7-8,12-13,16,20H,2,6,9-11H2,1H3. The van der Waals surface area contributed by atoms with Crippen molar-refractivity contribution < 1.29 is 5.11 Å². The summed E-state index contributed by atoms with van der Waals surface area (Å²) in [4.78, 5) is 0. The predicted octanol–water partition coefficient (Wildman–Crippen LogP) is 2.93. The zero-order valence-corrected chi connectivity index (χ0v) is 12.0. The molecule has 1 atom stereocenters. The Labute approximate surface area is 120 Å². The lowest BCUT2D eigenvalue weighted by molar-refractivity contribution is 0.0286. The SMILES string of the molecule is CCn1cc(CC(O)C2(c3ccccc3)CCC2)cn1. The summed E-state index contributed by atoms with van der Waals surface area (Å²) in [7, 11) is 0. The van der Waals surface area contributed by atoms with Crippen molar-refractivity contribution in [2.45, 2.75) is 50.7 Å². The van der Waals surface area contributed by atoms with Crippen molar-refractivity contribution in [3.63, 3.8) is 0 Å². The van der Waals surface area contributed by atoms with E-state index in [0.717, 1.165) is 24.9 Å². The lowest BCUT2D eigenvalue weighted by atomic mass is 9.60. The molecule has 20 heavy (non-hydrogen) atoms. The summed E-state index contributed by atoms with van der Waals surface area (Å²) in [6.07, 6.45) is 7.66. The summed E-state index contributed by atoms with van der Waals surface area (Å²) in [5, 5.41) is 15.1. The Bertz CT molecular complexity index is 557. The topological polar surface area (TPSA) is 38.0 Å². The number of aliphatic hydroxyl groups excluding tert-OH is 1. The number of hydrogen-bond donors (Lipinski definition) is 1. The van der Waals surface area contributed by atoms with Crippen LogP contribution in [0.15, 0.2) is 42.7 Å². The summed E-state index contributed by atoms with van der Waals surface area (Å²) in [5.74, 6) is 0. The Hall–Kier alpha value is -1.61. The summed E-state index contributed by atoms with van der Waals surface area (Å²) in [6.45, 7) is 2.95. The van der Waals surface area contributed by atoms with Gasteiger partial charge in [0, 0.05) is 24.6 Å². The van der Waals surface area contributed by atoms with Gasteiger partial charge in [0.2, 0.25) is 0 Å². The summed E-state index contributed by atoms with van der Waals surface area (Å²) in [5.41, 5.74) is 2.36. The van der Waals surface area contributed by atoms with E-state index in [1.54, 1.807) is 0 Å². The van der Waals surface area contributed by atoms with Crippen molar-refractivity contribution in [2.24, 2.45) is 0 Å². The van der Waals surface area contributed by atoms with Crippen LogP contribution < -0.4 is 0 Å². The molecule has 2 aromatic rings. The molecule has 1 aromatic carbocycles. The van der Waals surface area contributed by atoms with Gasteiger partial charge in [-0.2, -0.15) is 5.10 Å².